The van der Waals surface area contributed by atoms with Crippen LogP contribution < -0.4 is 3.27 Å². The summed E-state index contributed by atoms with van der Waals surface area (Å²) in [6, 6.07) is 40.0. The molecular formula is C42H52SiZr. The molecule has 2 unspecified atom stereocenters. The van der Waals surface area contributed by atoms with Gasteiger partial charge in [0.15, 0.2) is 0 Å². The standard InChI is InChI=1S/C16H13.C11H11.C6H5.2C4H9.CH3.H2Si.Zr/c1-12-10-14-8-5-9-15(16(14)11-12)13-6-3-2-4-7-13;1-2-9-7-10-5-3-4-6-11(10)8-9;1-2-4-6-5-3-1;2*1-3-4-2;;;/h2-11H,1H3;3-8H,2H2,1H3;1-5H;2*1,3-4H2,2H3;1H3;1H2;. The van der Waals surface area contributed by atoms with Crippen LogP contribution in [0, 0.1) is 0 Å². The van der Waals surface area contributed by atoms with E-state index < -0.39 is 14.4 Å². The molecule has 0 nitrogen and oxygen atoms in total. The topological polar surface area (TPSA) is 0 Å². The molecule has 0 saturated heterocycles. The Labute approximate surface area is 262 Å². The van der Waals surface area contributed by atoms with Gasteiger partial charge in [0.05, 0.1) is 0 Å². The number of allylic oxidation sites excluding steroid dienone is 2. The Morgan fingerprint density at radius 1 is 0.636 bits per heavy atom. The number of benzene rings is 4. The van der Waals surface area contributed by atoms with Crippen LogP contribution in [-0.4, -0.2) is 6.88 Å². The molecule has 44 heavy (non-hydrogen) atoms. The number of unbranched alkanes of at least 4 members (excludes halogenated alkanes) is 2. The van der Waals surface area contributed by atoms with Gasteiger partial charge in [-0.05, 0) is 0 Å². The first kappa shape index (κ1) is 31.4. The predicted octanol–water partition coefficient (Wildman–Crippen LogP) is 11.5. The van der Waals surface area contributed by atoms with Crippen molar-refractivity contribution in [2.24, 2.45) is 0 Å². The van der Waals surface area contributed by atoms with Gasteiger partial charge in [-0.3, -0.25) is 0 Å². The Morgan fingerprint density at radius 2 is 1.23 bits per heavy atom. The van der Waals surface area contributed by atoms with Gasteiger partial charge in [-0.1, -0.05) is 0 Å². The van der Waals surface area contributed by atoms with Crippen molar-refractivity contribution in [1.29, 1.82) is 0 Å². The average molecular weight is 676 g/mol. The van der Waals surface area contributed by atoms with Crippen LogP contribution in [0.1, 0.15) is 89.3 Å². The number of rotatable bonds is 11. The van der Waals surface area contributed by atoms with E-state index in [1.54, 1.807) is 25.5 Å². The van der Waals surface area contributed by atoms with Crippen molar-refractivity contribution in [2.45, 2.75) is 79.9 Å². The average Bonchev–Trinajstić information content (AvgIpc) is 3.64. The zero-order valence-corrected chi connectivity index (χ0v) is 31.7. The Balaban J connectivity index is 1.86. The molecule has 0 heterocycles. The maximum atomic E-state index is 3.00. The quantitative estimate of drug-likeness (QED) is 0.139. The van der Waals surface area contributed by atoms with Crippen molar-refractivity contribution in [1.82, 2.24) is 0 Å². The molecule has 0 radical (unpaired) electrons. The minimum absolute atomic E-state index is 0.385. The van der Waals surface area contributed by atoms with E-state index in [4.69, 9.17) is 0 Å². The Hall–Kier alpha value is -2.54. The van der Waals surface area contributed by atoms with E-state index in [1.807, 2.05) is 0 Å². The molecule has 0 aromatic heterocycles. The molecule has 0 fully saturated rings. The number of hydrogen-bond donors (Lipinski definition) is 0. The molecule has 4 aromatic rings. The van der Waals surface area contributed by atoms with E-state index in [0.29, 0.717) is 7.25 Å². The van der Waals surface area contributed by atoms with Crippen molar-refractivity contribution in [3.05, 3.63) is 137 Å². The molecule has 4 aromatic carbocycles. The molecule has 0 aliphatic heterocycles. The molecule has 2 aliphatic rings. The molecule has 2 atom stereocenters. The van der Waals surface area contributed by atoms with Gasteiger partial charge < -0.3 is 0 Å². The Bertz CT molecular complexity index is 1890. The third kappa shape index (κ3) is 4.02. The second kappa shape index (κ2) is 10.5. The van der Waals surface area contributed by atoms with Gasteiger partial charge in [-0.25, -0.2) is 0 Å². The summed E-state index contributed by atoms with van der Waals surface area (Å²) in [6.45, 7) is 12.4. The van der Waals surface area contributed by atoms with Gasteiger partial charge in [0.2, 0.25) is 0 Å². The van der Waals surface area contributed by atoms with E-state index in [1.165, 1.54) is 56.2 Å². The second-order valence-electron chi connectivity index (χ2n) is 16.1. The molecule has 228 valence electrons. The minimum atomic E-state index is -5.50. The summed E-state index contributed by atoms with van der Waals surface area (Å²) in [5.41, 5.74) is 12.0. The number of hydrogen-bond acceptors (Lipinski definition) is 0. The van der Waals surface area contributed by atoms with Gasteiger partial charge >= 0.3 is 264 Å². The van der Waals surface area contributed by atoms with Gasteiger partial charge in [0, 0.05) is 0 Å². The molecule has 2 heteroatoms. The summed E-state index contributed by atoms with van der Waals surface area (Å²) in [5.74, 6) is 0. The molecule has 0 amide bonds. The van der Waals surface area contributed by atoms with Crippen LogP contribution in [0.4, 0.5) is 0 Å². The van der Waals surface area contributed by atoms with Crippen LogP contribution in [0.25, 0.3) is 23.3 Å². The first-order valence-corrected chi connectivity index (χ1v) is 33.2. The van der Waals surface area contributed by atoms with Crippen molar-refractivity contribution >= 4 is 22.3 Å². The van der Waals surface area contributed by atoms with Crippen LogP contribution in [0.3, 0.4) is 0 Å². The van der Waals surface area contributed by atoms with Crippen molar-refractivity contribution in [3.63, 3.8) is 0 Å². The van der Waals surface area contributed by atoms with E-state index >= 15 is 0 Å². The molecule has 6 rings (SSSR count). The first-order chi connectivity index (χ1) is 21.1. The SMILES string of the molecule is CCC[CH2][Zr]([CH3])(=[SiH2])([CH2]CCC)([c]1ccccc1)([CH]1C(CC)=Cc2ccccc21)[CH]1C(C)=Cc2c(-c3ccccc3)cccc21. The summed E-state index contributed by atoms with van der Waals surface area (Å²) >= 11 is -5.50. The van der Waals surface area contributed by atoms with Crippen LogP contribution in [0.15, 0.2) is 114 Å². The fraction of sp³-hybridized carbons (Fsp3) is 0.333. The molecule has 0 spiro atoms. The summed E-state index contributed by atoms with van der Waals surface area (Å²) in [6.07, 6.45) is 11.3. The van der Waals surface area contributed by atoms with Crippen LogP contribution in [0.2, 0.25) is 12.9 Å². The predicted molar refractivity (Wildman–Crippen MR) is 196 cm³/mol. The monoisotopic (exact) mass is 674 g/mol. The number of fused-ring (bicyclic) bond motifs is 2. The van der Waals surface area contributed by atoms with Crippen molar-refractivity contribution in [2.75, 3.05) is 0 Å². The zero-order valence-electron chi connectivity index (χ0n) is 27.8. The molecule has 0 N–H and O–H groups in total. The summed E-state index contributed by atoms with van der Waals surface area (Å²) in [5, 5.41) is 0. The fourth-order valence-electron chi connectivity index (χ4n) is 11.6. The van der Waals surface area contributed by atoms with E-state index in [2.05, 4.69) is 154 Å². The maximum absolute atomic E-state index is 5.50. The third-order valence-corrected chi connectivity index (χ3v) is 58.9. The third-order valence-electron chi connectivity index (χ3n) is 13.3. The normalized spacial score (nSPS) is 20.0. The van der Waals surface area contributed by atoms with Gasteiger partial charge in [0.1, 0.15) is 0 Å². The van der Waals surface area contributed by atoms with Crippen LogP contribution in [0.5, 0.6) is 0 Å². The molecule has 0 bridgehead atoms. The van der Waals surface area contributed by atoms with Gasteiger partial charge in [-0.15, -0.1) is 0 Å². The summed E-state index contributed by atoms with van der Waals surface area (Å²) in [7, 11) is 0. The zero-order chi connectivity index (χ0) is 31.1. The van der Waals surface area contributed by atoms with E-state index in [-0.39, 0.29) is 0 Å². The molecule has 2 aliphatic carbocycles. The van der Waals surface area contributed by atoms with Crippen LogP contribution in [-0.2, 0) is 14.4 Å². The Morgan fingerprint density at radius 3 is 1.86 bits per heavy atom. The van der Waals surface area contributed by atoms with E-state index in [9.17, 15) is 0 Å². The van der Waals surface area contributed by atoms with Crippen molar-refractivity contribution in [3.8, 4) is 11.1 Å². The van der Waals surface area contributed by atoms with E-state index in [0.717, 1.165) is 6.42 Å². The van der Waals surface area contributed by atoms with Crippen molar-refractivity contribution < 1.29 is 14.4 Å². The molecule has 0 saturated carbocycles. The summed E-state index contributed by atoms with van der Waals surface area (Å²) in [4.78, 5) is 0. The first-order valence-electron chi connectivity index (χ1n) is 17.3. The molecular weight excluding hydrogens is 624 g/mol. The second-order valence-corrected chi connectivity index (χ2v) is 63.6. The van der Waals surface area contributed by atoms with Gasteiger partial charge in [0.25, 0.3) is 0 Å². The fourth-order valence-corrected chi connectivity index (χ4v) is 59.2. The summed E-state index contributed by atoms with van der Waals surface area (Å²) < 4.78 is 8.11. The van der Waals surface area contributed by atoms with Crippen LogP contribution >= 0.6 is 0 Å². The van der Waals surface area contributed by atoms with Gasteiger partial charge in [-0.2, -0.15) is 0 Å². The Kier molecular flexibility index (Phi) is 7.50.